The van der Waals surface area contributed by atoms with Crippen LogP contribution in [0.25, 0.3) is 0 Å². The number of hydrogen-bond acceptors (Lipinski definition) is 5. The number of guanidine groups is 1. The highest BCUT2D eigenvalue weighted by molar-refractivity contribution is 5.80. The van der Waals surface area contributed by atoms with E-state index in [2.05, 4.69) is 27.4 Å². The van der Waals surface area contributed by atoms with Gasteiger partial charge in [-0.15, -0.1) is 0 Å². The molecule has 136 valence electrons. The predicted octanol–water partition coefficient (Wildman–Crippen LogP) is 0.724. The molecule has 0 spiro atoms. The number of rotatable bonds is 9. The van der Waals surface area contributed by atoms with Gasteiger partial charge < -0.3 is 24.5 Å². The zero-order chi connectivity index (χ0) is 17.0. The summed E-state index contributed by atoms with van der Waals surface area (Å²) in [4.78, 5) is 7.07. The van der Waals surface area contributed by atoms with Gasteiger partial charge in [-0.1, -0.05) is 0 Å². The number of aliphatic imine (C=N–C) groups is 1. The predicted molar refractivity (Wildman–Crippen MR) is 94.4 cm³/mol. The summed E-state index contributed by atoms with van der Waals surface area (Å²) in [5.74, 6) is 1.79. The van der Waals surface area contributed by atoms with Crippen LogP contribution in [-0.2, 0) is 15.9 Å². The lowest BCUT2D eigenvalue weighted by molar-refractivity contribution is 0.0394. The van der Waals surface area contributed by atoms with Crippen LogP contribution < -0.4 is 10.6 Å². The third-order valence-corrected chi connectivity index (χ3v) is 3.83. The molecular formula is C17H30N4O3. The SMILES string of the molecule is COCC(C)NC(=NCCN1CCOCC1)NCCc1ccco1. The van der Waals surface area contributed by atoms with E-state index in [4.69, 9.17) is 13.9 Å². The Balaban J connectivity index is 1.77. The number of morpholine rings is 1. The first-order chi connectivity index (χ1) is 11.8. The van der Waals surface area contributed by atoms with Gasteiger partial charge in [0.05, 0.1) is 32.6 Å². The van der Waals surface area contributed by atoms with E-state index in [0.717, 1.165) is 64.1 Å². The molecule has 24 heavy (non-hydrogen) atoms. The molecule has 0 bridgehead atoms. The van der Waals surface area contributed by atoms with Gasteiger partial charge in [0.1, 0.15) is 5.76 Å². The van der Waals surface area contributed by atoms with Gasteiger partial charge in [-0.2, -0.15) is 0 Å². The number of furan rings is 1. The van der Waals surface area contributed by atoms with Gasteiger partial charge in [0, 0.05) is 45.8 Å². The normalized spacial score (nSPS) is 17.7. The lowest BCUT2D eigenvalue weighted by Gasteiger charge is -2.26. The Labute approximate surface area is 144 Å². The highest BCUT2D eigenvalue weighted by Crippen LogP contribution is 1.99. The molecule has 0 saturated carbocycles. The van der Waals surface area contributed by atoms with Gasteiger partial charge in [-0.05, 0) is 19.1 Å². The molecule has 0 amide bonds. The summed E-state index contributed by atoms with van der Waals surface area (Å²) >= 11 is 0. The maximum atomic E-state index is 5.37. The third-order valence-electron chi connectivity index (χ3n) is 3.83. The zero-order valence-corrected chi connectivity index (χ0v) is 14.8. The molecule has 1 unspecified atom stereocenters. The van der Waals surface area contributed by atoms with Crippen molar-refractivity contribution in [3.05, 3.63) is 24.2 Å². The molecule has 0 aliphatic carbocycles. The Morgan fingerprint density at radius 2 is 2.25 bits per heavy atom. The minimum Gasteiger partial charge on any atom is -0.469 e. The Hall–Kier alpha value is -1.57. The second-order valence-electron chi connectivity index (χ2n) is 5.94. The average Bonchev–Trinajstić information content (AvgIpc) is 3.09. The summed E-state index contributed by atoms with van der Waals surface area (Å²) in [6.45, 7) is 8.83. The van der Waals surface area contributed by atoms with Crippen LogP contribution in [0.1, 0.15) is 12.7 Å². The van der Waals surface area contributed by atoms with Crippen LogP contribution >= 0.6 is 0 Å². The fourth-order valence-electron chi connectivity index (χ4n) is 2.56. The Bertz CT molecular complexity index is 458. The van der Waals surface area contributed by atoms with Crippen molar-refractivity contribution in [1.82, 2.24) is 15.5 Å². The van der Waals surface area contributed by atoms with E-state index in [1.807, 2.05) is 12.1 Å². The first-order valence-electron chi connectivity index (χ1n) is 8.64. The highest BCUT2D eigenvalue weighted by Gasteiger charge is 2.10. The summed E-state index contributed by atoms with van der Waals surface area (Å²) in [7, 11) is 1.71. The minimum absolute atomic E-state index is 0.202. The zero-order valence-electron chi connectivity index (χ0n) is 14.8. The maximum absolute atomic E-state index is 5.37. The molecule has 7 nitrogen and oxygen atoms in total. The van der Waals surface area contributed by atoms with Crippen LogP contribution in [0.3, 0.4) is 0 Å². The Morgan fingerprint density at radius 1 is 1.42 bits per heavy atom. The van der Waals surface area contributed by atoms with Crippen molar-refractivity contribution in [2.75, 3.05) is 59.7 Å². The molecule has 1 aliphatic heterocycles. The van der Waals surface area contributed by atoms with Gasteiger partial charge in [-0.25, -0.2) is 0 Å². The molecule has 1 saturated heterocycles. The standard InChI is InChI=1S/C17H30N4O3/c1-15(14-22-2)20-17(18-6-5-16-4-3-11-24-16)19-7-8-21-9-12-23-13-10-21/h3-4,11,15H,5-10,12-14H2,1-2H3,(H2,18,19,20). The van der Waals surface area contributed by atoms with Crippen LogP contribution in [0.4, 0.5) is 0 Å². The quantitative estimate of drug-likeness (QED) is 0.511. The lowest BCUT2D eigenvalue weighted by atomic mass is 10.3. The van der Waals surface area contributed by atoms with Crippen molar-refractivity contribution < 1.29 is 13.9 Å². The van der Waals surface area contributed by atoms with Gasteiger partial charge in [-0.3, -0.25) is 9.89 Å². The van der Waals surface area contributed by atoms with E-state index < -0.39 is 0 Å². The molecule has 0 aromatic carbocycles. The van der Waals surface area contributed by atoms with Crippen LogP contribution in [0.2, 0.25) is 0 Å². The molecule has 7 heteroatoms. The molecule has 1 fully saturated rings. The number of nitrogens with zero attached hydrogens (tertiary/aromatic N) is 2. The monoisotopic (exact) mass is 338 g/mol. The number of hydrogen-bond donors (Lipinski definition) is 2. The summed E-state index contributed by atoms with van der Waals surface area (Å²) in [6, 6.07) is 4.09. The van der Waals surface area contributed by atoms with Crippen LogP contribution in [0.15, 0.2) is 27.8 Å². The van der Waals surface area contributed by atoms with Crippen molar-refractivity contribution in [2.45, 2.75) is 19.4 Å². The van der Waals surface area contributed by atoms with Gasteiger partial charge in [0.15, 0.2) is 5.96 Å². The van der Waals surface area contributed by atoms with Crippen molar-refractivity contribution in [3.8, 4) is 0 Å². The second kappa shape index (κ2) is 11.1. The molecule has 2 rings (SSSR count). The number of methoxy groups -OCH3 is 1. The van der Waals surface area contributed by atoms with E-state index in [0.29, 0.717) is 6.61 Å². The third kappa shape index (κ3) is 7.33. The Morgan fingerprint density at radius 3 is 2.96 bits per heavy atom. The van der Waals surface area contributed by atoms with E-state index >= 15 is 0 Å². The minimum atomic E-state index is 0.202. The molecular weight excluding hydrogens is 308 g/mol. The molecule has 1 aromatic rings. The summed E-state index contributed by atoms with van der Waals surface area (Å²) in [5.41, 5.74) is 0. The van der Waals surface area contributed by atoms with E-state index in [1.165, 1.54) is 0 Å². The van der Waals surface area contributed by atoms with Crippen molar-refractivity contribution in [3.63, 3.8) is 0 Å². The number of nitrogens with one attached hydrogen (secondary N) is 2. The van der Waals surface area contributed by atoms with E-state index in [1.54, 1.807) is 13.4 Å². The summed E-state index contributed by atoms with van der Waals surface area (Å²) in [6.07, 6.45) is 2.53. The molecule has 0 radical (unpaired) electrons. The van der Waals surface area contributed by atoms with Gasteiger partial charge >= 0.3 is 0 Å². The number of ether oxygens (including phenoxy) is 2. The van der Waals surface area contributed by atoms with Gasteiger partial charge in [0.2, 0.25) is 0 Å². The topological polar surface area (TPSA) is 71.3 Å². The highest BCUT2D eigenvalue weighted by atomic mass is 16.5. The van der Waals surface area contributed by atoms with Crippen LogP contribution in [-0.4, -0.2) is 76.6 Å². The van der Waals surface area contributed by atoms with Crippen molar-refractivity contribution in [2.24, 2.45) is 4.99 Å². The maximum Gasteiger partial charge on any atom is 0.191 e. The summed E-state index contributed by atoms with van der Waals surface area (Å²) in [5, 5.41) is 6.74. The smallest absolute Gasteiger partial charge is 0.191 e. The molecule has 1 atom stereocenters. The summed E-state index contributed by atoms with van der Waals surface area (Å²) < 4.78 is 15.9. The van der Waals surface area contributed by atoms with E-state index in [9.17, 15) is 0 Å². The average molecular weight is 338 g/mol. The lowest BCUT2D eigenvalue weighted by Crippen LogP contribution is -2.45. The first kappa shape index (κ1) is 18.8. The largest absolute Gasteiger partial charge is 0.469 e. The van der Waals surface area contributed by atoms with E-state index in [-0.39, 0.29) is 6.04 Å². The van der Waals surface area contributed by atoms with Crippen molar-refractivity contribution in [1.29, 1.82) is 0 Å². The molecule has 1 aromatic heterocycles. The van der Waals surface area contributed by atoms with Crippen molar-refractivity contribution >= 4 is 5.96 Å². The molecule has 1 aliphatic rings. The van der Waals surface area contributed by atoms with Crippen LogP contribution in [0.5, 0.6) is 0 Å². The first-order valence-corrected chi connectivity index (χ1v) is 8.64. The molecule has 2 heterocycles. The van der Waals surface area contributed by atoms with Crippen LogP contribution in [0, 0.1) is 0 Å². The second-order valence-corrected chi connectivity index (χ2v) is 5.94. The Kier molecular flexibility index (Phi) is 8.65. The van der Waals surface area contributed by atoms with Gasteiger partial charge in [0.25, 0.3) is 0 Å². The fourth-order valence-corrected chi connectivity index (χ4v) is 2.56. The fraction of sp³-hybridized carbons (Fsp3) is 0.706. The molecule has 2 N–H and O–H groups in total.